The van der Waals surface area contributed by atoms with Gasteiger partial charge in [0.05, 0.1) is 43.6 Å². The number of benzene rings is 1. The molecule has 0 radical (unpaired) electrons. The Morgan fingerprint density at radius 1 is 1.15 bits per heavy atom. The summed E-state index contributed by atoms with van der Waals surface area (Å²) in [6, 6.07) is 6.86. The molecular weight excluding hydrogens is 526 g/mol. The van der Waals surface area contributed by atoms with E-state index in [-0.39, 0.29) is 23.8 Å². The van der Waals surface area contributed by atoms with E-state index in [1.54, 1.807) is 40.8 Å². The van der Waals surface area contributed by atoms with Gasteiger partial charge in [0, 0.05) is 25.1 Å². The Balaban J connectivity index is 1.20. The zero-order valence-electron chi connectivity index (χ0n) is 21.6. The molecule has 4 aromatic rings. The fraction of sp³-hybridized carbons (Fsp3) is 0.407. The third-order valence-electron chi connectivity index (χ3n) is 7.47. The first-order valence-electron chi connectivity index (χ1n) is 12.8. The number of carbonyl (C=O) groups excluding carboxylic acids is 1. The molecule has 0 bridgehead atoms. The van der Waals surface area contributed by atoms with Crippen LogP contribution in [0.2, 0.25) is 5.15 Å². The summed E-state index contributed by atoms with van der Waals surface area (Å²) in [4.78, 5) is 36.7. The molecule has 204 valence electrons. The molecule has 2 fully saturated rings. The Morgan fingerprint density at radius 2 is 1.90 bits per heavy atom. The molecule has 6 rings (SSSR count). The molecule has 0 spiro atoms. The fourth-order valence-corrected chi connectivity index (χ4v) is 5.36. The summed E-state index contributed by atoms with van der Waals surface area (Å²) >= 11 is 6.54. The van der Waals surface area contributed by atoms with Crippen LogP contribution >= 0.6 is 11.6 Å². The lowest BCUT2D eigenvalue weighted by molar-refractivity contribution is -0.0304. The number of oxazole rings is 1. The zero-order chi connectivity index (χ0) is 27.3. The van der Waals surface area contributed by atoms with Gasteiger partial charge in [-0.1, -0.05) is 11.6 Å². The van der Waals surface area contributed by atoms with Gasteiger partial charge < -0.3 is 23.9 Å². The highest BCUT2D eigenvalue weighted by Gasteiger charge is 2.36. The maximum absolute atomic E-state index is 13.4. The number of halogens is 1. The van der Waals surface area contributed by atoms with E-state index in [0.717, 1.165) is 12.8 Å². The number of aliphatic hydroxyl groups is 1. The van der Waals surface area contributed by atoms with Crippen LogP contribution in [-0.2, 0) is 6.54 Å². The Bertz CT molecular complexity index is 1610. The van der Waals surface area contributed by atoms with Crippen molar-refractivity contribution < 1.29 is 23.8 Å². The van der Waals surface area contributed by atoms with Crippen LogP contribution < -0.4 is 15.0 Å². The molecule has 1 aromatic carbocycles. The van der Waals surface area contributed by atoms with Crippen LogP contribution in [0.15, 0.2) is 46.0 Å². The molecule has 1 N–H and O–H groups in total. The van der Waals surface area contributed by atoms with Gasteiger partial charge in [-0.05, 0) is 43.9 Å². The summed E-state index contributed by atoms with van der Waals surface area (Å²) in [5, 5.41) is 11.9. The Hall–Kier alpha value is -3.83. The van der Waals surface area contributed by atoms with E-state index in [1.165, 1.54) is 24.2 Å². The largest absolute Gasteiger partial charge is 0.493 e. The van der Waals surface area contributed by atoms with Gasteiger partial charge in [0.1, 0.15) is 11.5 Å². The van der Waals surface area contributed by atoms with Crippen LogP contribution in [0.4, 0.5) is 0 Å². The van der Waals surface area contributed by atoms with Crippen molar-refractivity contribution in [1.82, 2.24) is 24.0 Å². The number of hydrogen-bond donors (Lipinski definition) is 1. The van der Waals surface area contributed by atoms with Crippen molar-refractivity contribution >= 4 is 28.5 Å². The summed E-state index contributed by atoms with van der Waals surface area (Å²) in [5.74, 6) is 2.02. The highest BCUT2D eigenvalue weighted by atomic mass is 35.5. The van der Waals surface area contributed by atoms with E-state index < -0.39 is 5.60 Å². The molecule has 1 saturated carbocycles. The minimum absolute atomic E-state index is 0.0457. The van der Waals surface area contributed by atoms with Gasteiger partial charge in [-0.25, -0.2) is 9.97 Å². The molecule has 3 aromatic heterocycles. The van der Waals surface area contributed by atoms with Crippen molar-refractivity contribution in [2.75, 3.05) is 27.3 Å². The predicted octanol–water partition coefficient (Wildman–Crippen LogP) is 3.39. The second-order valence-corrected chi connectivity index (χ2v) is 10.5. The number of carbonyl (C=O) groups is 1. The van der Waals surface area contributed by atoms with Crippen LogP contribution in [-0.4, -0.2) is 67.9 Å². The zero-order valence-corrected chi connectivity index (χ0v) is 22.3. The smallest absolute Gasteiger partial charge is 0.291 e. The Kier molecular flexibility index (Phi) is 6.35. The van der Waals surface area contributed by atoms with E-state index in [2.05, 4.69) is 9.97 Å². The molecule has 0 atom stereocenters. The summed E-state index contributed by atoms with van der Waals surface area (Å²) in [6.07, 6.45) is 5.59. The van der Waals surface area contributed by atoms with Gasteiger partial charge in [-0.2, -0.15) is 0 Å². The number of rotatable bonds is 7. The SMILES string of the molecule is COc1ccc(-n2c(Cl)cc3c(=O)n(CC4(O)CCN(C(=O)c5cnc(C6CC6)o5)CC4)cnc32)cc1OC. The number of fused-ring (bicyclic) bond motifs is 1. The predicted molar refractivity (Wildman–Crippen MR) is 142 cm³/mol. The quantitative estimate of drug-likeness (QED) is 0.369. The first-order chi connectivity index (χ1) is 18.8. The number of methoxy groups -OCH3 is 2. The van der Waals surface area contributed by atoms with Crippen LogP contribution in [0.1, 0.15) is 48.0 Å². The second kappa shape index (κ2) is 9.73. The Labute approximate surface area is 228 Å². The lowest BCUT2D eigenvalue weighted by Gasteiger charge is -2.38. The van der Waals surface area contributed by atoms with Crippen molar-refractivity contribution in [2.45, 2.75) is 43.7 Å². The third kappa shape index (κ3) is 4.65. The summed E-state index contributed by atoms with van der Waals surface area (Å²) in [5.41, 5.74) is -0.448. The first-order valence-corrected chi connectivity index (χ1v) is 13.1. The number of ether oxygens (including phenoxy) is 2. The minimum Gasteiger partial charge on any atom is -0.493 e. The van der Waals surface area contributed by atoms with Gasteiger partial charge in [-0.15, -0.1) is 0 Å². The van der Waals surface area contributed by atoms with Crippen molar-refractivity contribution in [2.24, 2.45) is 0 Å². The molecule has 4 heterocycles. The van der Waals surface area contributed by atoms with Crippen LogP contribution in [0.25, 0.3) is 16.7 Å². The summed E-state index contributed by atoms with van der Waals surface area (Å²) in [7, 11) is 3.09. The van der Waals surface area contributed by atoms with Crippen LogP contribution in [0.5, 0.6) is 11.5 Å². The lowest BCUT2D eigenvalue weighted by Crippen LogP contribution is -2.49. The highest BCUT2D eigenvalue weighted by Crippen LogP contribution is 2.39. The molecule has 1 amide bonds. The van der Waals surface area contributed by atoms with E-state index in [9.17, 15) is 14.7 Å². The standard InChI is InChI=1S/C27H28ClN5O6/c1-37-19-6-5-17(11-20(19)38-2)33-22(28)12-18-23(33)30-15-32(25(18)34)14-27(36)7-9-31(10-8-27)26(35)21-13-29-24(39-21)16-3-4-16/h5-6,11-13,15-16,36H,3-4,7-10,14H2,1-2H3. The highest BCUT2D eigenvalue weighted by molar-refractivity contribution is 6.31. The number of nitrogens with zero attached hydrogens (tertiary/aromatic N) is 5. The van der Waals surface area contributed by atoms with Gasteiger partial charge in [0.25, 0.3) is 11.5 Å². The van der Waals surface area contributed by atoms with E-state index in [0.29, 0.717) is 71.1 Å². The van der Waals surface area contributed by atoms with Crippen molar-refractivity contribution in [3.05, 3.63) is 63.9 Å². The first kappa shape index (κ1) is 25.4. The minimum atomic E-state index is -1.17. The van der Waals surface area contributed by atoms with Gasteiger partial charge in [0.2, 0.25) is 5.76 Å². The molecule has 1 aliphatic carbocycles. The van der Waals surface area contributed by atoms with E-state index >= 15 is 0 Å². The molecule has 11 nitrogen and oxygen atoms in total. The van der Waals surface area contributed by atoms with Gasteiger partial charge >= 0.3 is 0 Å². The third-order valence-corrected chi connectivity index (χ3v) is 7.75. The number of piperidine rings is 1. The van der Waals surface area contributed by atoms with Crippen molar-refractivity contribution in [1.29, 1.82) is 0 Å². The number of amides is 1. The average Bonchev–Trinajstić information content (AvgIpc) is 3.57. The molecule has 12 heteroatoms. The number of hydrogen-bond acceptors (Lipinski definition) is 8. The molecule has 0 unspecified atom stereocenters. The van der Waals surface area contributed by atoms with Crippen molar-refractivity contribution in [3.8, 4) is 17.2 Å². The van der Waals surface area contributed by atoms with Gasteiger partial charge in [-0.3, -0.25) is 18.7 Å². The normalized spacial score (nSPS) is 17.0. The lowest BCUT2D eigenvalue weighted by atomic mass is 9.91. The fourth-order valence-electron chi connectivity index (χ4n) is 5.07. The van der Waals surface area contributed by atoms with E-state index in [4.69, 9.17) is 25.5 Å². The summed E-state index contributed by atoms with van der Waals surface area (Å²) < 4.78 is 19.4. The maximum atomic E-state index is 13.4. The monoisotopic (exact) mass is 553 g/mol. The molecule has 39 heavy (non-hydrogen) atoms. The maximum Gasteiger partial charge on any atom is 0.291 e. The van der Waals surface area contributed by atoms with Crippen LogP contribution in [0, 0.1) is 0 Å². The number of likely N-dealkylation sites (tertiary alicyclic amines) is 1. The summed E-state index contributed by atoms with van der Waals surface area (Å²) in [6.45, 7) is 0.714. The molecule has 1 aliphatic heterocycles. The second-order valence-electron chi connectivity index (χ2n) is 10.1. The topological polar surface area (TPSA) is 125 Å². The van der Waals surface area contributed by atoms with Gasteiger partial charge in [0.15, 0.2) is 23.0 Å². The molecule has 1 saturated heterocycles. The van der Waals surface area contributed by atoms with Crippen molar-refractivity contribution in [3.63, 3.8) is 0 Å². The van der Waals surface area contributed by atoms with E-state index in [1.807, 2.05) is 0 Å². The number of aromatic nitrogens is 4. The molecular formula is C27H28ClN5O6. The Morgan fingerprint density at radius 3 is 2.59 bits per heavy atom. The average molecular weight is 554 g/mol. The van der Waals surface area contributed by atoms with Crippen LogP contribution in [0.3, 0.4) is 0 Å². The molecule has 2 aliphatic rings.